The Balaban J connectivity index is 2.26. The predicted molar refractivity (Wildman–Crippen MR) is 58.6 cm³/mol. The fourth-order valence-corrected chi connectivity index (χ4v) is 1.08. The Hall–Kier alpha value is -1.49. The number of ether oxygens (including phenoxy) is 1. The topological polar surface area (TPSA) is 51.2 Å². The van der Waals surface area contributed by atoms with Gasteiger partial charge in [-0.2, -0.15) is 4.39 Å². The average molecular weight is 226 g/mol. The second-order valence-corrected chi connectivity index (χ2v) is 3.28. The molecule has 0 saturated heterocycles. The van der Waals surface area contributed by atoms with Crippen LogP contribution in [0.3, 0.4) is 0 Å². The van der Waals surface area contributed by atoms with Gasteiger partial charge in [0.15, 0.2) is 0 Å². The van der Waals surface area contributed by atoms with Gasteiger partial charge in [-0.15, -0.1) is 0 Å². The zero-order chi connectivity index (χ0) is 11.8. The Bertz CT molecular complexity index is 327. The summed E-state index contributed by atoms with van der Waals surface area (Å²) >= 11 is 0. The Morgan fingerprint density at radius 1 is 1.50 bits per heavy atom. The fraction of sp³-hybridized carbons (Fsp3) is 0.455. The van der Waals surface area contributed by atoms with Crippen molar-refractivity contribution in [3.05, 3.63) is 24.3 Å². The molecule has 0 fully saturated rings. The molecule has 0 aromatic carbocycles. The third-order valence-corrected chi connectivity index (χ3v) is 1.83. The van der Waals surface area contributed by atoms with Crippen molar-refractivity contribution in [3.63, 3.8) is 0 Å². The van der Waals surface area contributed by atoms with Crippen LogP contribution in [0.1, 0.15) is 19.8 Å². The van der Waals surface area contributed by atoms with Crippen molar-refractivity contribution in [3.8, 4) is 0 Å². The van der Waals surface area contributed by atoms with E-state index in [9.17, 15) is 9.18 Å². The SMILES string of the molecule is CCCOCCC(=O)Nc1ccc(F)nc1. The first kappa shape index (κ1) is 12.6. The molecule has 0 saturated carbocycles. The number of hydrogen-bond acceptors (Lipinski definition) is 3. The van der Waals surface area contributed by atoms with Crippen molar-refractivity contribution in [2.45, 2.75) is 19.8 Å². The summed E-state index contributed by atoms with van der Waals surface area (Å²) in [6, 6.07) is 2.66. The molecule has 4 nitrogen and oxygen atoms in total. The molecular weight excluding hydrogens is 211 g/mol. The van der Waals surface area contributed by atoms with Crippen molar-refractivity contribution < 1.29 is 13.9 Å². The standard InChI is InChI=1S/C11H15FN2O2/c1-2-6-16-7-5-11(15)14-9-3-4-10(12)13-8-9/h3-4,8H,2,5-7H2,1H3,(H,14,15). The quantitative estimate of drug-likeness (QED) is 0.596. The molecule has 1 amide bonds. The second kappa shape index (κ2) is 6.90. The van der Waals surface area contributed by atoms with Crippen LogP contribution in [0.25, 0.3) is 0 Å². The Labute approximate surface area is 93.8 Å². The van der Waals surface area contributed by atoms with E-state index in [0.717, 1.165) is 6.42 Å². The van der Waals surface area contributed by atoms with Gasteiger partial charge >= 0.3 is 0 Å². The Kier molecular flexibility index (Phi) is 5.42. The number of amides is 1. The van der Waals surface area contributed by atoms with E-state index in [4.69, 9.17) is 4.74 Å². The summed E-state index contributed by atoms with van der Waals surface area (Å²) in [5.41, 5.74) is 0.488. The monoisotopic (exact) mass is 226 g/mol. The van der Waals surface area contributed by atoms with E-state index in [0.29, 0.717) is 18.9 Å². The van der Waals surface area contributed by atoms with E-state index in [1.807, 2.05) is 6.92 Å². The smallest absolute Gasteiger partial charge is 0.226 e. The highest BCUT2D eigenvalue weighted by Crippen LogP contribution is 2.05. The van der Waals surface area contributed by atoms with Crippen molar-refractivity contribution in [2.24, 2.45) is 0 Å². The number of hydrogen-bond donors (Lipinski definition) is 1. The Morgan fingerprint density at radius 3 is 2.94 bits per heavy atom. The predicted octanol–water partition coefficient (Wildman–Crippen LogP) is 1.98. The molecule has 0 atom stereocenters. The van der Waals surface area contributed by atoms with Crippen LogP contribution in [0.5, 0.6) is 0 Å². The Morgan fingerprint density at radius 2 is 2.31 bits per heavy atom. The average Bonchev–Trinajstić information content (AvgIpc) is 2.28. The molecule has 16 heavy (non-hydrogen) atoms. The number of pyridine rings is 1. The summed E-state index contributed by atoms with van der Waals surface area (Å²) in [4.78, 5) is 14.8. The molecule has 1 N–H and O–H groups in total. The molecule has 0 aliphatic carbocycles. The van der Waals surface area contributed by atoms with Crippen LogP contribution < -0.4 is 5.32 Å². The van der Waals surface area contributed by atoms with E-state index in [2.05, 4.69) is 10.3 Å². The number of carbonyl (C=O) groups is 1. The minimum absolute atomic E-state index is 0.162. The minimum atomic E-state index is -0.565. The molecule has 1 rings (SSSR count). The van der Waals surface area contributed by atoms with Gasteiger partial charge in [0, 0.05) is 6.61 Å². The molecule has 0 unspecified atom stereocenters. The summed E-state index contributed by atoms with van der Waals surface area (Å²) in [6.07, 6.45) is 2.50. The molecule has 1 heterocycles. The van der Waals surface area contributed by atoms with Crippen LogP contribution in [0, 0.1) is 5.95 Å². The van der Waals surface area contributed by atoms with Gasteiger partial charge in [-0.1, -0.05) is 6.92 Å². The van der Waals surface area contributed by atoms with Crippen LogP contribution in [0.4, 0.5) is 10.1 Å². The van der Waals surface area contributed by atoms with Crippen LogP contribution in [-0.4, -0.2) is 24.1 Å². The van der Waals surface area contributed by atoms with Crippen molar-refractivity contribution in [1.82, 2.24) is 4.98 Å². The van der Waals surface area contributed by atoms with Crippen LogP contribution in [0.15, 0.2) is 18.3 Å². The highest BCUT2D eigenvalue weighted by molar-refractivity contribution is 5.90. The van der Waals surface area contributed by atoms with E-state index >= 15 is 0 Å². The number of carbonyl (C=O) groups excluding carboxylic acids is 1. The highest BCUT2D eigenvalue weighted by atomic mass is 19.1. The number of anilines is 1. The van der Waals surface area contributed by atoms with E-state index < -0.39 is 5.95 Å². The third-order valence-electron chi connectivity index (χ3n) is 1.83. The molecule has 1 aromatic heterocycles. The van der Waals surface area contributed by atoms with Gasteiger partial charge in [0.1, 0.15) is 0 Å². The summed E-state index contributed by atoms with van der Waals surface area (Å²) in [5.74, 6) is -0.728. The molecule has 0 bridgehead atoms. The zero-order valence-corrected chi connectivity index (χ0v) is 9.20. The number of halogens is 1. The number of nitrogens with zero attached hydrogens (tertiary/aromatic N) is 1. The molecule has 0 spiro atoms. The first-order chi connectivity index (χ1) is 7.72. The largest absolute Gasteiger partial charge is 0.381 e. The van der Waals surface area contributed by atoms with Gasteiger partial charge in [-0.3, -0.25) is 4.79 Å². The van der Waals surface area contributed by atoms with Crippen LogP contribution >= 0.6 is 0 Å². The lowest BCUT2D eigenvalue weighted by Gasteiger charge is -2.04. The summed E-state index contributed by atoms with van der Waals surface area (Å²) in [6.45, 7) is 3.06. The van der Waals surface area contributed by atoms with E-state index in [1.165, 1.54) is 18.3 Å². The molecule has 0 aliphatic heterocycles. The summed E-state index contributed by atoms with van der Waals surface area (Å²) < 4.78 is 17.6. The number of nitrogens with one attached hydrogen (secondary N) is 1. The first-order valence-electron chi connectivity index (χ1n) is 5.21. The highest BCUT2D eigenvalue weighted by Gasteiger charge is 2.02. The normalized spacial score (nSPS) is 10.1. The van der Waals surface area contributed by atoms with Gasteiger partial charge in [0.2, 0.25) is 11.9 Å². The lowest BCUT2D eigenvalue weighted by atomic mass is 10.3. The van der Waals surface area contributed by atoms with Gasteiger partial charge in [0.05, 0.1) is 24.9 Å². The van der Waals surface area contributed by atoms with Crippen molar-refractivity contribution in [1.29, 1.82) is 0 Å². The number of aromatic nitrogens is 1. The maximum Gasteiger partial charge on any atom is 0.226 e. The zero-order valence-electron chi connectivity index (χ0n) is 9.20. The van der Waals surface area contributed by atoms with Gasteiger partial charge < -0.3 is 10.1 Å². The second-order valence-electron chi connectivity index (χ2n) is 3.28. The molecule has 0 radical (unpaired) electrons. The molecule has 0 aliphatic rings. The van der Waals surface area contributed by atoms with Gasteiger partial charge in [0.25, 0.3) is 0 Å². The first-order valence-corrected chi connectivity index (χ1v) is 5.21. The lowest BCUT2D eigenvalue weighted by molar-refractivity contribution is -0.117. The van der Waals surface area contributed by atoms with E-state index in [-0.39, 0.29) is 12.3 Å². The van der Waals surface area contributed by atoms with Gasteiger partial charge in [-0.05, 0) is 18.6 Å². The van der Waals surface area contributed by atoms with E-state index in [1.54, 1.807) is 0 Å². The van der Waals surface area contributed by atoms with Crippen LogP contribution in [0.2, 0.25) is 0 Å². The number of rotatable bonds is 6. The maximum atomic E-state index is 12.5. The maximum absolute atomic E-state index is 12.5. The van der Waals surface area contributed by atoms with Gasteiger partial charge in [-0.25, -0.2) is 4.98 Å². The molecule has 5 heteroatoms. The van der Waals surface area contributed by atoms with Crippen LogP contribution in [-0.2, 0) is 9.53 Å². The fourth-order valence-electron chi connectivity index (χ4n) is 1.08. The van der Waals surface area contributed by atoms with Crippen molar-refractivity contribution >= 4 is 11.6 Å². The lowest BCUT2D eigenvalue weighted by Crippen LogP contribution is -2.14. The molecule has 1 aromatic rings. The molecule has 88 valence electrons. The van der Waals surface area contributed by atoms with Crippen molar-refractivity contribution in [2.75, 3.05) is 18.5 Å². The molecular formula is C11H15FN2O2. The third kappa shape index (κ3) is 4.84. The minimum Gasteiger partial charge on any atom is -0.381 e. The summed E-state index contributed by atoms with van der Waals surface area (Å²) in [5, 5.41) is 2.60. The summed E-state index contributed by atoms with van der Waals surface area (Å²) in [7, 11) is 0.